The summed E-state index contributed by atoms with van der Waals surface area (Å²) in [4.78, 5) is 0.250. The number of nitrogens with one attached hydrogen (secondary N) is 1. The Labute approximate surface area is 168 Å². The molecule has 5 nitrogen and oxygen atoms in total. The number of ether oxygens (including phenoxy) is 2. The highest BCUT2D eigenvalue weighted by Crippen LogP contribution is 2.34. The zero-order valence-corrected chi connectivity index (χ0v) is 17.4. The average Bonchev–Trinajstić information content (AvgIpc) is 2.72. The minimum Gasteiger partial charge on any atom is -0.493 e. The van der Waals surface area contributed by atoms with Crippen LogP contribution in [0.1, 0.15) is 32.3 Å². The van der Waals surface area contributed by atoms with Crippen LogP contribution in [0.5, 0.6) is 5.75 Å². The Bertz CT molecular complexity index is 842. The maximum atomic E-state index is 12.8. The molecule has 1 aliphatic heterocycles. The molecule has 2 aromatic carbocycles. The van der Waals surface area contributed by atoms with Gasteiger partial charge in [-0.25, -0.2) is 13.1 Å². The van der Waals surface area contributed by atoms with E-state index in [4.69, 9.17) is 9.47 Å². The lowest BCUT2D eigenvalue weighted by Crippen LogP contribution is -2.44. The summed E-state index contributed by atoms with van der Waals surface area (Å²) < 4.78 is 39.7. The van der Waals surface area contributed by atoms with E-state index in [0.717, 1.165) is 18.4 Å². The Hall–Kier alpha value is -1.89. The van der Waals surface area contributed by atoms with Crippen LogP contribution in [0.15, 0.2) is 59.5 Å². The van der Waals surface area contributed by atoms with Gasteiger partial charge in [0.1, 0.15) is 5.75 Å². The van der Waals surface area contributed by atoms with E-state index in [9.17, 15) is 8.42 Å². The molecule has 1 saturated heterocycles. The lowest BCUT2D eigenvalue weighted by molar-refractivity contribution is 0.0517. The van der Waals surface area contributed by atoms with Gasteiger partial charge in [-0.1, -0.05) is 44.2 Å². The van der Waals surface area contributed by atoms with Crippen LogP contribution < -0.4 is 9.46 Å². The van der Waals surface area contributed by atoms with Gasteiger partial charge in [0.2, 0.25) is 10.0 Å². The van der Waals surface area contributed by atoms with Gasteiger partial charge in [-0.2, -0.15) is 0 Å². The van der Waals surface area contributed by atoms with E-state index in [1.54, 1.807) is 24.3 Å². The molecule has 152 valence electrons. The van der Waals surface area contributed by atoms with Crippen molar-refractivity contribution in [3.8, 4) is 5.75 Å². The lowest BCUT2D eigenvalue weighted by Gasteiger charge is -2.37. The van der Waals surface area contributed by atoms with Gasteiger partial charge < -0.3 is 9.47 Å². The van der Waals surface area contributed by atoms with Crippen LogP contribution in [0.25, 0.3) is 0 Å². The summed E-state index contributed by atoms with van der Waals surface area (Å²) in [6, 6.07) is 16.7. The first kappa shape index (κ1) is 20.8. The summed E-state index contributed by atoms with van der Waals surface area (Å²) >= 11 is 0. The second kappa shape index (κ2) is 9.07. The zero-order chi connectivity index (χ0) is 20.0. The predicted octanol–water partition coefficient (Wildman–Crippen LogP) is 3.75. The van der Waals surface area contributed by atoms with Gasteiger partial charge in [-0.05, 0) is 48.6 Å². The van der Waals surface area contributed by atoms with Crippen molar-refractivity contribution in [2.75, 3.05) is 26.4 Å². The van der Waals surface area contributed by atoms with Crippen LogP contribution in [-0.2, 0) is 20.2 Å². The maximum absolute atomic E-state index is 12.8. The summed E-state index contributed by atoms with van der Waals surface area (Å²) in [5, 5.41) is 0. The second-order valence-electron chi connectivity index (χ2n) is 7.76. The minimum atomic E-state index is -3.60. The summed E-state index contributed by atoms with van der Waals surface area (Å²) in [6.07, 6.45) is 1.59. The first-order valence-electron chi connectivity index (χ1n) is 9.77. The van der Waals surface area contributed by atoms with E-state index < -0.39 is 10.0 Å². The highest BCUT2D eigenvalue weighted by Gasteiger charge is 2.35. The number of hydrogen-bond donors (Lipinski definition) is 1. The second-order valence-corrected chi connectivity index (χ2v) is 9.53. The third-order valence-corrected chi connectivity index (χ3v) is 6.57. The average molecular weight is 404 g/mol. The largest absolute Gasteiger partial charge is 0.493 e. The summed E-state index contributed by atoms with van der Waals surface area (Å²) in [5.74, 6) is 1.09. The molecule has 0 aliphatic carbocycles. The maximum Gasteiger partial charge on any atom is 0.240 e. The van der Waals surface area contributed by atoms with Crippen molar-refractivity contribution in [1.29, 1.82) is 0 Å². The Kier molecular flexibility index (Phi) is 6.75. The molecule has 0 atom stereocenters. The molecule has 2 aromatic rings. The highest BCUT2D eigenvalue weighted by molar-refractivity contribution is 7.89. The van der Waals surface area contributed by atoms with Crippen molar-refractivity contribution in [3.63, 3.8) is 0 Å². The minimum absolute atomic E-state index is 0.243. The fraction of sp³-hybridized carbons (Fsp3) is 0.455. The van der Waals surface area contributed by atoms with E-state index in [2.05, 4.69) is 30.7 Å². The number of benzene rings is 2. The van der Waals surface area contributed by atoms with Crippen molar-refractivity contribution in [3.05, 3.63) is 60.2 Å². The first-order chi connectivity index (χ1) is 13.4. The molecular weight excluding hydrogens is 374 g/mol. The number of rotatable bonds is 8. The fourth-order valence-electron chi connectivity index (χ4n) is 3.42. The van der Waals surface area contributed by atoms with Crippen LogP contribution in [-0.4, -0.2) is 34.8 Å². The van der Waals surface area contributed by atoms with E-state index in [-0.39, 0.29) is 10.3 Å². The van der Waals surface area contributed by atoms with Crippen molar-refractivity contribution in [2.45, 2.75) is 37.0 Å². The van der Waals surface area contributed by atoms with Crippen LogP contribution in [0, 0.1) is 5.92 Å². The molecule has 0 aromatic heterocycles. The van der Waals surface area contributed by atoms with Crippen LogP contribution in [0.3, 0.4) is 0 Å². The molecule has 0 radical (unpaired) electrons. The molecule has 0 amide bonds. The standard InChI is InChI=1S/C22H29NO4S/c1-18(2)16-27-20-8-10-21(11-9-20)28(24,25)23-17-22(12-14-26-15-13-22)19-6-4-3-5-7-19/h3-11,18,23H,12-17H2,1-2H3. The van der Waals surface area contributed by atoms with Gasteiger partial charge in [-0.15, -0.1) is 0 Å². The third kappa shape index (κ3) is 5.13. The Balaban J connectivity index is 1.72. The zero-order valence-electron chi connectivity index (χ0n) is 16.6. The highest BCUT2D eigenvalue weighted by atomic mass is 32.2. The fourth-order valence-corrected chi connectivity index (χ4v) is 4.54. The Morgan fingerprint density at radius 2 is 1.68 bits per heavy atom. The third-order valence-electron chi connectivity index (χ3n) is 5.15. The summed E-state index contributed by atoms with van der Waals surface area (Å²) in [6.45, 7) is 6.38. The van der Waals surface area contributed by atoms with Crippen LogP contribution >= 0.6 is 0 Å². The molecule has 0 saturated carbocycles. The molecule has 1 N–H and O–H groups in total. The van der Waals surface area contributed by atoms with Gasteiger partial charge >= 0.3 is 0 Å². The molecule has 6 heteroatoms. The number of hydrogen-bond acceptors (Lipinski definition) is 4. The SMILES string of the molecule is CC(C)COc1ccc(S(=O)(=O)NCC2(c3ccccc3)CCOCC2)cc1. The van der Waals surface area contributed by atoms with Gasteiger partial charge in [0, 0.05) is 25.2 Å². The molecule has 28 heavy (non-hydrogen) atoms. The summed E-state index contributed by atoms with van der Waals surface area (Å²) in [5.41, 5.74) is 0.908. The van der Waals surface area contributed by atoms with Crippen molar-refractivity contribution in [2.24, 2.45) is 5.92 Å². The smallest absolute Gasteiger partial charge is 0.240 e. The predicted molar refractivity (Wildman–Crippen MR) is 110 cm³/mol. The molecule has 0 spiro atoms. The lowest BCUT2D eigenvalue weighted by atomic mass is 9.74. The van der Waals surface area contributed by atoms with E-state index in [1.807, 2.05) is 18.2 Å². The summed E-state index contributed by atoms with van der Waals surface area (Å²) in [7, 11) is -3.60. The van der Waals surface area contributed by atoms with Crippen LogP contribution in [0.2, 0.25) is 0 Å². The van der Waals surface area contributed by atoms with Crippen molar-refractivity contribution >= 4 is 10.0 Å². The first-order valence-corrected chi connectivity index (χ1v) is 11.3. The molecular formula is C22H29NO4S. The van der Waals surface area contributed by atoms with E-state index in [0.29, 0.717) is 38.0 Å². The van der Waals surface area contributed by atoms with Crippen LogP contribution in [0.4, 0.5) is 0 Å². The van der Waals surface area contributed by atoms with Gasteiger partial charge in [0.15, 0.2) is 0 Å². The molecule has 0 unspecified atom stereocenters. The Morgan fingerprint density at radius 3 is 2.29 bits per heavy atom. The quantitative estimate of drug-likeness (QED) is 0.729. The van der Waals surface area contributed by atoms with Crippen molar-refractivity contribution in [1.82, 2.24) is 4.72 Å². The normalized spacial score (nSPS) is 16.8. The Morgan fingerprint density at radius 1 is 1.04 bits per heavy atom. The van der Waals surface area contributed by atoms with Gasteiger partial charge in [0.25, 0.3) is 0 Å². The molecule has 3 rings (SSSR count). The van der Waals surface area contributed by atoms with Gasteiger partial charge in [-0.3, -0.25) is 0 Å². The van der Waals surface area contributed by atoms with E-state index in [1.165, 1.54) is 0 Å². The molecule has 0 bridgehead atoms. The number of sulfonamides is 1. The monoisotopic (exact) mass is 403 g/mol. The van der Waals surface area contributed by atoms with Gasteiger partial charge in [0.05, 0.1) is 11.5 Å². The molecule has 1 aliphatic rings. The van der Waals surface area contributed by atoms with E-state index >= 15 is 0 Å². The topological polar surface area (TPSA) is 64.6 Å². The van der Waals surface area contributed by atoms with Crippen molar-refractivity contribution < 1.29 is 17.9 Å². The molecule has 1 fully saturated rings. The molecule has 1 heterocycles.